The van der Waals surface area contributed by atoms with Crippen LogP contribution in [0.15, 0.2) is 17.1 Å². The number of ether oxygens (including phenoxy) is 2. The van der Waals surface area contributed by atoms with Crippen molar-refractivity contribution >= 4 is 11.7 Å². The minimum atomic E-state index is -0.725. The van der Waals surface area contributed by atoms with Crippen molar-refractivity contribution in [3.05, 3.63) is 22.7 Å². The van der Waals surface area contributed by atoms with Crippen molar-refractivity contribution in [3.8, 4) is 0 Å². The van der Waals surface area contributed by atoms with Gasteiger partial charge in [0.05, 0.1) is 13.2 Å². The minimum Gasteiger partial charge on any atom is -0.391 e. The van der Waals surface area contributed by atoms with Gasteiger partial charge in [-0.3, -0.25) is 9.36 Å². The maximum absolute atomic E-state index is 11.7. The van der Waals surface area contributed by atoms with Crippen LogP contribution in [0.5, 0.6) is 0 Å². The second kappa shape index (κ2) is 5.25. The van der Waals surface area contributed by atoms with E-state index in [0.717, 1.165) is 0 Å². The predicted octanol–water partition coefficient (Wildman–Crippen LogP) is -0.934. The number of nitrogens with zero attached hydrogens (tertiary/aromatic N) is 2. The van der Waals surface area contributed by atoms with Gasteiger partial charge in [-0.2, -0.15) is 4.98 Å². The smallest absolute Gasteiger partial charge is 0.351 e. The second-order valence-corrected chi connectivity index (χ2v) is 3.72. The van der Waals surface area contributed by atoms with Crippen molar-refractivity contribution in [2.45, 2.75) is 19.4 Å². The topological polar surface area (TPSA) is 103 Å². The highest BCUT2D eigenvalue weighted by atomic mass is 16.7. The molecule has 2 rings (SSSR count). The van der Waals surface area contributed by atoms with Crippen LogP contribution in [0.4, 0.5) is 5.82 Å². The molecule has 0 spiro atoms. The van der Waals surface area contributed by atoms with Crippen molar-refractivity contribution < 1.29 is 19.4 Å². The van der Waals surface area contributed by atoms with E-state index < -0.39 is 18.2 Å². The Morgan fingerprint density at radius 3 is 3.06 bits per heavy atom. The Morgan fingerprint density at radius 1 is 1.72 bits per heavy atom. The Hall–Kier alpha value is -1.77. The number of nitrogens with one attached hydrogen (secondary N) is 1. The number of rotatable bonds is 3. The first kappa shape index (κ1) is 12.7. The second-order valence-electron chi connectivity index (χ2n) is 3.72. The fourth-order valence-corrected chi connectivity index (χ4v) is 1.57. The van der Waals surface area contributed by atoms with Gasteiger partial charge >= 0.3 is 5.69 Å². The molecule has 0 radical (unpaired) electrons. The zero-order chi connectivity index (χ0) is 13.1. The third-order valence-electron chi connectivity index (χ3n) is 2.33. The summed E-state index contributed by atoms with van der Waals surface area (Å²) in [6, 6.07) is 1.48. The predicted molar refractivity (Wildman–Crippen MR) is 59.7 cm³/mol. The lowest BCUT2D eigenvalue weighted by molar-refractivity contribution is -0.114. The molecule has 0 aromatic carbocycles. The van der Waals surface area contributed by atoms with Crippen LogP contribution in [0.25, 0.3) is 0 Å². The van der Waals surface area contributed by atoms with Crippen LogP contribution >= 0.6 is 0 Å². The highest BCUT2D eigenvalue weighted by Gasteiger charge is 2.27. The third kappa shape index (κ3) is 2.73. The number of anilines is 1. The molecule has 2 N–H and O–H groups in total. The molecule has 1 aromatic rings. The SMILES string of the molecule is CC(=O)Nc1ccn([C@@H]2CO[C@H](CO)O2)c(=O)n1. The number of amides is 1. The van der Waals surface area contributed by atoms with E-state index in [0.29, 0.717) is 0 Å². The van der Waals surface area contributed by atoms with Crippen LogP contribution in [-0.2, 0) is 14.3 Å². The molecule has 1 fully saturated rings. The molecule has 0 unspecified atom stereocenters. The highest BCUT2D eigenvalue weighted by Crippen LogP contribution is 2.18. The monoisotopic (exact) mass is 255 g/mol. The zero-order valence-corrected chi connectivity index (χ0v) is 9.70. The minimum absolute atomic E-state index is 0.159. The molecule has 0 bridgehead atoms. The van der Waals surface area contributed by atoms with Crippen LogP contribution in [0.1, 0.15) is 13.2 Å². The first-order valence-electron chi connectivity index (χ1n) is 5.35. The normalized spacial score (nSPS) is 23.0. The van der Waals surface area contributed by atoms with E-state index in [-0.39, 0.29) is 24.9 Å². The van der Waals surface area contributed by atoms with Crippen molar-refractivity contribution in [2.75, 3.05) is 18.5 Å². The first-order valence-corrected chi connectivity index (χ1v) is 5.35. The van der Waals surface area contributed by atoms with Crippen LogP contribution < -0.4 is 11.0 Å². The maximum Gasteiger partial charge on any atom is 0.351 e. The largest absolute Gasteiger partial charge is 0.391 e. The average Bonchev–Trinajstić information content (AvgIpc) is 2.76. The van der Waals surface area contributed by atoms with E-state index in [1.54, 1.807) is 0 Å². The van der Waals surface area contributed by atoms with E-state index in [4.69, 9.17) is 14.6 Å². The zero-order valence-electron chi connectivity index (χ0n) is 9.70. The summed E-state index contributed by atoms with van der Waals surface area (Å²) >= 11 is 0. The van der Waals surface area contributed by atoms with Gasteiger partial charge in [-0.25, -0.2) is 4.79 Å². The fourth-order valence-electron chi connectivity index (χ4n) is 1.57. The number of carbonyl (C=O) groups is 1. The molecule has 1 amide bonds. The van der Waals surface area contributed by atoms with Gasteiger partial charge in [0.15, 0.2) is 12.5 Å². The Labute approximate surface area is 102 Å². The van der Waals surface area contributed by atoms with Crippen molar-refractivity contribution in [3.63, 3.8) is 0 Å². The Bertz CT molecular complexity index is 501. The lowest BCUT2D eigenvalue weighted by Crippen LogP contribution is -2.29. The van der Waals surface area contributed by atoms with Gasteiger partial charge in [-0.1, -0.05) is 0 Å². The molecular formula is C10H13N3O5. The van der Waals surface area contributed by atoms with Gasteiger partial charge in [-0.15, -0.1) is 0 Å². The van der Waals surface area contributed by atoms with Crippen LogP contribution in [-0.4, -0.2) is 40.1 Å². The molecule has 1 saturated heterocycles. The van der Waals surface area contributed by atoms with Gasteiger partial charge in [0.1, 0.15) is 5.82 Å². The number of carbonyl (C=O) groups excluding carboxylic acids is 1. The van der Waals surface area contributed by atoms with E-state index in [9.17, 15) is 9.59 Å². The van der Waals surface area contributed by atoms with Gasteiger partial charge < -0.3 is 19.9 Å². The molecule has 1 aliphatic heterocycles. The molecule has 8 nitrogen and oxygen atoms in total. The standard InChI is InChI=1S/C10H13N3O5/c1-6(15)11-7-2-3-13(10(16)12-7)8-5-17-9(4-14)18-8/h2-3,8-9,14H,4-5H2,1H3,(H,11,12,15,16)/t8-,9-/m0/s1. The molecule has 18 heavy (non-hydrogen) atoms. The summed E-state index contributed by atoms with van der Waals surface area (Å²) < 4.78 is 11.6. The van der Waals surface area contributed by atoms with Gasteiger partial charge in [0.2, 0.25) is 5.91 Å². The average molecular weight is 255 g/mol. The summed E-state index contributed by atoms with van der Waals surface area (Å²) in [6.07, 6.45) is 0.111. The fraction of sp³-hybridized carbons (Fsp3) is 0.500. The molecule has 98 valence electrons. The number of hydrogen-bond acceptors (Lipinski definition) is 6. The third-order valence-corrected chi connectivity index (χ3v) is 2.33. The molecule has 1 aromatic heterocycles. The van der Waals surface area contributed by atoms with E-state index in [2.05, 4.69) is 10.3 Å². The molecular weight excluding hydrogens is 242 g/mol. The van der Waals surface area contributed by atoms with E-state index in [1.165, 1.54) is 23.8 Å². The lowest BCUT2D eigenvalue weighted by Gasteiger charge is -2.12. The molecule has 0 saturated carbocycles. The van der Waals surface area contributed by atoms with Gasteiger partial charge in [-0.05, 0) is 6.07 Å². The molecule has 2 heterocycles. The molecule has 0 aliphatic carbocycles. The maximum atomic E-state index is 11.7. The van der Waals surface area contributed by atoms with Crippen molar-refractivity contribution in [1.82, 2.24) is 9.55 Å². The summed E-state index contributed by atoms with van der Waals surface area (Å²) in [4.78, 5) is 26.2. The summed E-state index contributed by atoms with van der Waals surface area (Å²) in [7, 11) is 0. The van der Waals surface area contributed by atoms with Crippen molar-refractivity contribution in [1.29, 1.82) is 0 Å². The quantitative estimate of drug-likeness (QED) is 0.723. The molecule has 2 atom stereocenters. The van der Waals surface area contributed by atoms with E-state index in [1.807, 2.05) is 0 Å². The first-order chi connectivity index (χ1) is 8.60. The number of aliphatic hydroxyl groups excluding tert-OH is 1. The summed E-state index contributed by atoms with van der Waals surface area (Å²) in [6.45, 7) is 1.21. The van der Waals surface area contributed by atoms with Crippen LogP contribution in [0, 0.1) is 0 Å². The molecule has 8 heteroatoms. The van der Waals surface area contributed by atoms with Crippen LogP contribution in [0.2, 0.25) is 0 Å². The number of aliphatic hydroxyl groups is 1. The van der Waals surface area contributed by atoms with Crippen molar-refractivity contribution in [2.24, 2.45) is 0 Å². The highest BCUT2D eigenvalue weighted by molar-refractivity contribution is 5.87. The number of aromatic nitrogens is 2. The van der Waals surface area contributed by atoms with Crippen LogP contribution in [0.3, 0.4) is 0 Å². The summed E-state index contributed by atoms with van der Waals surface area (Å²) in [5.74, 6) is -0.123. The summed E-state index contributed by atoms with van der Waals surface area (Å²) in [5, 5.41) is 11.3. The lowest BCUT2D eigenvalue weighted by atomic mass is 10.5. The van der Waals surface area contributed by atoms with E-state index >= 15 is 0 Å². The van der Waals surface area contributed by atoms with Gasteiger partial charge in [0.25, 0.3) is 0 Å². The Balaban J connectivity index is 2.15. The molecule has 1 aliphatic rings. The number of hydrogen-bond donors (Lipinski definition) is 2. The Kier molecular flexibility index (Phi) is 3.70. The Morgan fingerprint density at radius 2 is 2.50 bits per heavy atom. The summed E-state index contributed by atoms with van der Waals surface area (Å²) in [5.41, 5.74) is -0.562. The van der Waals surface area contributed by atoms with Gasteiger partial charge in [0, 0.05) is 13.1 Å².